The average molecular weight is 449 g/mol. The van der Waals surface area contributed by atoms with E-state index in [1.165, 1.54) is 109 Å². The van der Waals surface area contributed by atoms with Gasteiger partial charge in [-0.3, -0.25) is 0 Å². The Labute approximate surface area is 199 Å². The molecule has 0 aromatic carbocycles. The van der Waals surface area contributed by atoms with Crippen LogP contribution in [-0.2, 0) is 0 Å². The molecule has 2 atom stereocenters. The third-order valence-electron chi connectivity index (χ3n) is 9.85. The second kappa shape index (κ2) is 14.6. The average Bonchev–Trinajstić information content (AvgIpc) is 2.84. The maximum absolute atomic E-state index is 3.69. The van der Waals surface area contributed by atoms with Gasteiger partial charge in [0.25, 0.3) is 0 Å². The van der Waals surface area contributed by atoms with Crippen LogP contribution < -0.4 is 0 Å². The van der Waals surface area contributed by atoms with Crippen LogP contribution in [0.15, 0.2) is 0 Å². The molecule has 0 amide bonds. The number of hydrogen-bond donors (Lipinski definition) is 0. The predicted molar refractivity (Wildman–Crippen MR) is 143 cm³/mol. The highest BCUT2D eigenvalue weighted by atomic mass is 31.0. The molecular formula is C30H57P. The van der Waals surface area contributed by atoms with Crippen LogP contribution in [0.3, 0.4) is 0 Å². The van der Waals surface area contributed by atoms with Gasteiger partial charge < -0.3 is 0 Å². The van der Waals surface area contributed by atoms with Crippen molar-refractivity contribution < 1.29 is 0 Å². The summed E-state index contributed by atoms with van der Waals surface area (Å²) in [5.74, 6) is 4.06. The van der Waals surface area contributed by atoms with E-state index in [-0.39, 0.29) is 0 Å². The van der Waals surface area contributed by atoms with E-state index in [1.54, 1.807) is 44.9 Å². The molecule has 3 aliphatic rings. The molecule has 0 nitrogen and oxygen atoms in total. The normalized spacial score (nSPS) is 23.8. The van der Waals surface area contributed by atoms with Crippen molar-refractivity contribution in [2.24, 2.45) is 23.7 Å². The lowest BCUT2D eigenvalue weighted by Crippen LogP contribution is -2.50. The van der Waals surface area contributed by atoms with Crippen LogP contribution in [0.4, 0.5) is 0 Å². The van der Waals surface area contributed by atoms with Crippen molar-refractivity contribution in [3.63, 3.8) is 0 Å². The van der Waals surface area contributed by atoms with Gasteiger partial charge in [0.1, 0.15) is 0 Å². The van der Waals surface area contributed by atoms with Crippen LogP contribution in [-0.4, -0.2) is 5.16 Å². The first kappa shape index (κ1) is 26.0. The van der Waals surface area contributed by atoms with Gasteiger partial charge >= 0.3 is 0 Å². The van der Waals surface area contributed by atoms with E-state index in [9.17, 15) is 0 Å². The Bertz CT molecular complexity index is 421. The maximum Gasteiger partial charge on any atom is -0.00631 e. The van der Waals surface area contributed by atoms with E-state index in [0.29, 0.717) is 5.16 Å². The summed E-state index contributed by atoms with van der Waals surface area (Å²) in [6.45, 7) is 2.33. The summed E-state index contributed by atoms with van der Waals surface area (Å²) in [5.41, 5.74) is 0. The van der Waals surface area contributed by atoms with Crippen LogP contribution in [0, 0.1) is 23.7 Å². The van der Waals surface area contributed by atoms with Crippen molar-refractivity contribution in [2.45, 2.75) is 166 Å². The molecule has 0 bridgehead atoms. The van der Waals surface area contributed by atoms with Crippen molar-refractivity contribution in [1.82, 2.24) is 0 Å². The molecule has 2 unspecified atom stereocenters. The van der Waals surface area contributed by atoms with Crippen LogP contribution >= 0.6 is 9.24 Å². The van der Waals surface area contributed by atoms with Crippen molar-refractivity contribution in [3.05, 3.63) is 0 Å². The number of rotatable bonds is 13. The summed E-state index contributed by atoms with van der Waals surface area (Å²) in [6.07, 6.45) is 36.3. The van der Waals surface area contributed by atoms with Crippen molar-refractivity contribution in [2.75, 3.05) is 0 Å². The van der Waals surface area contributed by atoms with Gasteiger partial charge in [-0.15, -0.1) is 9.24 Å². The third kappa shape index (κ3) is 7.72. The summed E-state index contributed by atoms with van der Waals surface area (Å²) in [6, 6.07) is 0. The largest absolute Gasteiger partial charge is 0.130 e. The van der Waals surface area contributed by atoms with Gasteiger partial charge in [0.15, 0.2) is 0 Å². The minimum absolute atomic E-state index is 0.573. The summed E-state index contributed by atoms with van der Waals surface area (Å²) in [4.78, 5) is 0. The molecule has 0 radical (unpaired) electrons. The Kier molecular flexibility index (Phi) is 12.3. The fourth-order valence-corrected chi connectivity index (χ4v) is 9.18. The third-order valence-corrected chi connectivity index (χ3v) is 11.2. The van der Waals surface area contributed by atoms with Crippen molar-refractivity contribution in [3.8, 4) is 0 Å². The van der Waals surface area contributed by atoms with Crippen molar-refractivity contribution in [1.29, 1.82) is 0 Å². The second-order valence-electron chi connectivity index (χ2n) is 11.9. The molecule has 3 fully saturated rings. The molecule has 182 valence electrons. The zero-order chi connectivity index (χ0) is 21.8. The fourth-order valence-electron chi connectivity index (χ4n) is 8.07. The first-order valence-electron chi connectivity index (χ1n) is 15.1. The molecule has 3 saturated carbocycles. The molecule has 0 aromatic rings. The van der Waals surface area contributed by atoms with Crippen molar-refractivity contribution >= 4 is 9.24 Å². The number of unbranched alkanes of at least 4 members (excludes halogenated alkanes) is 7. The first-order valence-corrected chi connectivity index (χ1v) is 15.6. The molecule has 0 aromatic heterocycles. The predicted octanol–water partition coefficient (Wildman–Crippen LogP) is 10.5. The smallest absolute Gasteiger partial charge is 0.00631 e. The van der Waals surface area contributed by atoms with Crippen LogP contribution in [0.2, 0.25) is 0 Å². The molecule has 0 spiro atoms. The van der Waals surface area contributed by atoms with E-state index in [1.807, 2.05) is 0 Å². The monoisotopic (exact) mass is 448 g/mol. The highest BCUT2D eigenvalue weighted by Gasteiger charge is 2.49. The molecule has 31 heavy (non-hydrogen) atoms. The maximum atomic E-state index is 3.69. The Morgan fingerprint density at radius 3 is 1.48 bits per heavy atom. The summed E-state index contributed by atoms with van der Waals surface area (Å²) in [7, 11) is 3.69. The summed E-state index contributed by atoms with van der Waals surface area (Å²) >= 11 is 0. The zero-order valence-electron chi connectivity index (χ0n) is 21.4. The topological polar surface area (TPSA) is 0 Å². The Morgan fingerprint density at radius 1 is 0.581 bits per heavy atom. The lowest BCUT2D eigenvalue weighted by Gasteiger charge is -2.54. The molecular weight excluding hydrogens is 391 g/mol. The van der Waals surface area contributed by atoms with E-state index >= 15 is 0 Å². The van der Waals surface area contributed by atoms with Gasteiger partial charge in [-0.05, 0) is 60.9 Å². The van der Waals surface area contributed by atoms with Crippen LogP contribution in [0.5, 0.6) is 0 Å². The lowest BCUT2D eigenvalue weighted by molar-refractivity contribution is 0.0663. The van der Waals surface area contributed by atoms with Gasteiger partial charge in [-0.25, -0.2) is 0 Å². The Morgan fingerprint density at radius 2 is 1.00 bits per heavy atom. The minimum Gasteiger partial charge on any atom is -0.130 e. The van der Waals surface area contributed by atoms with Gasteiger partial charge in [-0.2, -0.15) is 0 Å². The Hall–Kier alpha value is 0.430. The van der Waals surface area contributed by atoms with Gasteiger partial charge in [0.05, 0.1) is 0 Å². The van der Waals surface area contributed by atoms with E-state index in [2.05, 4.69) is 16.2 Å². The second-order valence-corrected chi connectivity index (χ2v) is 12.9. The molecule has 1 heteroatoms. The summed E-state index contributed by atoms with van der Waals surface area (Å²) in [5, 5.41) is 0.573. The zero-order valence-corrected chi connectivity index (χ0v) is 22.5. The lowest BCUT2D eigenvalue weighted by atomic mass is 9.58. The van der Waals surface area contributed by atoms with E-state index in [4.69, 9.17) is 0 Å². The molecule has 0 heterocycles. The van der Waals surface area contributed by atoms with Gasteiger partial charge in [-0.1, -0.05) is 129 Å². The Balaban J connectivity index is 1.65. The molecule has 0 aliphatic heterocycles. The summed E-state index contributed by atoms with van der Waals surface area (Å²) < 4.78 is 0. The van der Waals surface area contributed by atoms with E-state index in [0.717, 1.165) is 23.7 Å². The SMILES string of the molecule is CCCCCCCCCCC(C1CCCCC1)C(P)(C1CCCCC1)C1CCCCC1. The van der Waals surface area contributed by atoms with Gasteiger partial charge in [0.2, 0.25) is 0 Å². The molecule has 0 N–H and O–H groups in total. The standard InChI is InChI=1S/C30H57P/c1-2-3-4-5-6-7-8-18-25-29(26-19-12-9-13-20-26)30(31,27-21-14-10-15-22-27)28-23-16-11-17-24-28/h26-29H,2-25,31H2,1H3. The van der Waals surface area contributed by atoms with Crippen LogP contribution in [0.25, 0.3) is 0 Å². The first-order chi connectivity index (χ1) is 15.3. The van der Waals surface area contributed by atoms with E-state index < -0.39 is 0 Å². The van der Waals surface area contributed by atoms with Crippen LogP contribution in [0.1, 0.15) is 161 Å². The number of hydrogen-bond acceptors (Lipinski definition) is 0. The highest BCUT2D eigenvalue weighted by molar-refractivity contribution is 7.19. The quantitative estimate of drug-likeness (QED) is 0.194. The van der Waals surface area contributed by atoms with Gasteiger partial charge in [0, 0.05) is 0 Å². The highest BCUT2D eigenvalue weighted by Crippen LogP contribution is 2.57. The fraction of sp³-hybridized carbons (Fsp3) is 1.00. The molecule has 3 aliphatic carbocycles. The minimum atomic E-state index is 0.573. The molecule has 3 rings (SSSR count). The molecule has 0 saturated heterocycles.